The number of carbonyl (C=O) groups excluding carboxylic acids is 1. The molecule has 138 valence electrons. The van der Waals surface area contributed by atoms with Crippen molar-refractivity contribution >= 4 is 17.8 Å². The predicted molar refractivity (Wildman–Crippen MR) is 118 cm³/mol. The highest BCUT2D eigenvalue weighted by Gasteiger charge is 2.27. The molecule has 2 heteroatoms. The van der Waals surface area contributed by atoms with Gasteiger partial charge in [0.1, 0.15) is 0 Å². The van der Waals surface area contributed by atoms with E-state index < -0.39 is 0 Å². The summed E-state index contributed by atoms with van der Waals surface area (Å²) in [5, 5.41) is 0. The van der Waals surface area contributed by atoms with Gasteiger partial charge in [-0.25, -0.2) is 0 Å². The van der Waals surface area contributed by atoms with Crippen molar-refractivity contribution in [1.82, 2.24) is 0 Å². The summed E-state index contributed by atoms with van der Waals surface area (Å²) in [7, 11) is 0. The van der Waals surface area contributed by atoms with E-state index >= 15 is 0 Å². The highest BCUT2D eigenvalue weighted by molar-refractivity contribution is 5.96. The molecule has 1 amide bonds. The number of rotatable bonds is 3. The van der Waals surface area contributed by atoms with Crippen LogP contribution < -0.4 is 4.90 Å². The number of carbonyl (C=O) groups is 1. The minimum atomic E-state index is 0.862. The molecule has 0 aliphatic heterocycles. The topological polar surface area (TPSA) is 20.3 Å². The van der Waals surface area contributed by atoms with Gasteiger partial charge < -0.3 is 0 Å². The van der Waals surface area contributed by atoms with E-state index in [9.17, 15) is 4.79 Å². The van der Waals surface area contributed by atoms with Crippen LogP contribution in [0, 0.1) is 0 Å². The van der Waals surface area contributed by atoms with Crippen molar-refractivity contribution in [2.24, 2.45) is 0 Å². The fourth-order valence-electron chi connectivity index (χ4n) is 4.98. The molecule has 4 aromatic rings. The van der Waals surface area contributed by atoms with E-state index in [0.717, 1.165) is 30.6 Å². The maximum absolute atomic E-state index is 12.4. The van der Waals surface area contributed by atoms with Crippen molar-refractivity contribution < 1.29 is 4.79 Å². The van der Waals surface area contributed by atoms with Crippen molar-refractivity contribution in [2.45, 2.75) is 12.8 Å². The van der Waals surface area contributed by atoms with Gasteiger partial charge in [0.25, 0.3) is 0 Å². The van der Waals surface area contributed by atoms with Gasteiger partial charge in [-0.15, -0.1) is 0 Å². The lowest BCUT2D eigenvalue weighted by Gasteiger charge is -2.23. The van der Waals surface area contributed by atoms with Crippen LogP contribution in [-0.2, 0) is 17.6 Å². The van der Waals surface area contributed by atoms with Gasteiger partial charge in [-0.2, -0.15) is 0 Å². The zero-order valence-electron chi connectivity index (χ0n) is 15.9. The van der Waals surface area contributed by atoms with Crippen molar-refractivity contribution in [3.8, 4) is 22.3 Å². The molecule has 29 heavy (non-hydrogen) atoms. The molecule has 2 nitrogen and oxygen atoms in total. The van der Waals surface area contributed by atoms with Crippen molar-refractivity contribution in [2.75, 3.05) is 4.90 Å². The molecule has 4 aromatic carbocycles. The Morgan fingerprint density at radius 2 is 1.00 bits per heavy atom. The minimum absolute atomic E-state index is 0.862. The van der Waals surface area contributed by atoms with Crippen LogP contribution in [0.15, 0.2) is 84.9 Å². The molecular weight excluding hydrogens is 354 g/mol. The number of amides is 1. The third-order valence-corrected chi connectivity index (χ3v) is 6.28. The van der Waals surface area contributed by atoms with Gasteiger partial charge in [0.2, 0.25) is 6.41 Å². The number of benzene rings is 4. The normalized spacial score (nSPS) is 12.7. The van der Waals surface area contributed by atoms with Crippen LogP contribution >= 0.6 is 0 Å². The highest BCUT2D eigenvalue weighted by Crippen LogP contribution is 2.46. The average Bonchev–Trinajstić information content (AvgIpc) is 3.34. The fraction of sp³-hybridized carbons (Fsp3) is 0.0741. The van der Waals surface area contributed by atoms with Gasteiger partial charge in [0, 0.05) is 12.8 Å². The number of fused-ring (bicyclic) bond motifs is 6. The number of hydrogen-bond acceptors (Lipinski definition) is 1. The Labute approximate surface area is 170 Å². The molecule has 0 saturated heterocycles. The summed E-state index contributed by atoms with van der Waals surface area (Å²) >= 11 is 0. The molecule has 0 radical (unpaired) electrons. The maximum Gasteiger partial charge on any atom is 0.218 e. The third-order valence-electron chi connectivity index (χ3n) is 6.28. The summed E-state index contributed by atoms with van der Waals surface area (Å²) < 4.78 is 0. The standard InChI is InChI=1S/C27H19NO/c29-17-28(26-13-5-11-22-20-9-3-1-7-18(20)15-24(22)26)27-14-6-12-23-21-10-4-2-8-19(21)16-25(23)27/h1-14,17H,15-16H2. The predicted octanol–water partition coefficient (Wildman–Crippen LogP) is 6.12. The second-order valence-electron chi connectivity index (χ2n) is 7.75. The van der Waals surface area contributed by atoms with Crippen LogP contribution in [-0.4, -0.2) is 6.41 Å². The molecule has 0 bridgehead atoms. The van der Waals surface area contributed by atoms with E-state index in [-0.39, 0.29) is 0 Å². The summed E-state index contributed by atoms with van der Waals surface area (Å²) in [6.45, 7) is 0. The molecule has 0 atom stereocenters. The number of hydrogen-bond donors (Lipinski definition) is 0. The van der Waals surface area contributed by atoms with Crippen molar-refractivity contribution in [3.63, 3.8) is 0 Å². The molecule has 0 heterocycles. The molecular formula is C27H19NO. The van der Waals surface area contributed by atoms with E-state index in [1.807, 2.05) is 4.90 Å². The molecule has 6 rings (SSSR count). The highest BCUT2D eigenvalue weighted by atomic mass is 16.1. The molecule has 0 N–H and O–H groups in total. The van der Waals surface area contributed by atoms with E-state index in [1.165, 1.54) is 44.5 Å². The van der Waals surface area contributed by atoms with Gasteiger partial charge in [-0.1, -0.05) is 72.8 Å². The first-order valence-corrected chi connectivity index (χ1v) is 10.00. The zero-order valence-corrected chi connectivity index (χ0v) is 15.9. The molecule has 0 fully saturated rings. The first-order chi connectivity index (χ1) is 14.3. The molecule has 0 saturated carbocycles. The Bertz CT molecular complexity index is 1190. The van der Waals surface area contributed by atoms with Gasteiger partial charge in [-0.3, -0.25) is 9.69 Å². The Morgan fingerprint density at radius 3 is 1.48 bits per heavy atom. The van der Waals surface area contributed by atoms with Gasteiger partial charge >= 0.3 is 0 Å². The zero-order chi connectivity index (χ0) is 19.4. The van der Waals surface area contributed by atoms with Crippen molar-refractivity contribution in [1.29, 1.82) is 0 Å². The Morgan fingerprint density at radius 1 is 0.552 bits per heavy atom. The molecule has 0 spiro atoms. The largest absolute Gasteiger partial charge is 0.283 e. The second kappa shape index (κ2) is 6.18. The second-order valence-corrected chi connectivity index (χ2v) is 7.75. The lowest BCUT2D eigenvalue weighted by Crippen LogP contribution is -2.17. The Balaban J connectivity index is 1.51. The van der Waals surface area contributed by atoms with Crippen LogP contribution in [0.25, 0.3) is 22.3 Å². The lowest BCUT2D eigenvalue weighted by atomic mass is 10.0. The van der Waals surface area contributed by atoms with E-state index in [2.05, 4.69) is 84.9 Å². The van der Waals surface area contributed by atoms with Crippen LogP contribution in [0.2, 0.25) is 0 Å². The van der Waals surface area contributed by atoms with Crippen LogP contribution in [0.4, 0.5) is 11.4 Å². The Hall–Kier alpha value is -3.65. The lowest BCUT2D eigenvalue weighted by molar-refractivity contribution is -0.106. The minimum Gasteiger partial charge on any atom is -0.283 e. The summed E-state index contributed by atoms with van der Waals surface area (Å²) in [5.41, 5.74) is 12.1. The summed E-state index contributed by atoms with van der Waals surface area (Å²) in [5.74, 6) is 0. The first kappa shape index (κ1) is 16.3. The van der Waals surface area contributed by atoms with E-state index in [1.54, 1.807) is 0 Å². The first-order valence-electron chi connectivity index (χ1n) is 10.00. The average molecular weight is 373 g/mol. The number of nitrogens with zero attached hydrogens (tertiary/aromatic N) is 1. The molecule has 2 aliphatic carbocycles. The molecule has 0 aromatic heterocycles. The Kier molecular flexibility index (Phi) is 3.48. The summed E-state index contributed by atoms with van der Waals surface area (Å²) in [6.07, 6.45) is 2.69. The van der Waals surface area contributed by atoms with E-state index in [0.29, 0.717) is 0 Å². The maximum atomic E-state index is 12.4. The molecule has 0 unspecified atom stereocenters. The smallest absolute Gasteiger partial charge is 0.218 e. The van der Waals surface area contributed by atoms with Gasteiger partial charge in [0.05, 0.1) is 11.4 Å². The van der Waals surface area contributed by atoms with Crippen LogP contribution in [0.3, 0.4) is 0 Å². The van der Waals surface area contributed by atoms with Crippen LogP contribution in [0.5, 0.6) is 0 Å². The molecule has 2 aliphatic rings. The van der Waals surface area contributed by atoms with Crippen LogP contribution in [0.1, 0.15) is 22.3 Å². The van der Waals surface area contributed by atoms with E-state index in [4.69, 9.17) is 0 Å². The summed E-state index contributed by atoms with van der Waals surface area (Å²) in [4.78, 5) is 14.2. The quantitative estimate of drug-likeness (QED) is 0.342. The summed E-state index contributed by atoms with van der Waals surface area (Å²) in [6, 6.07) is 29.6. The SMILES string of the molecule is O=CN(c1cccc2c1Cc1ccccc1-2)c1cccc2c1Cc1ccccc1-2. The van der Waals surface area contributed by atoms with Gasteiger partial charge in [0.15, 0.2) is 0 Å². The third kappa shape index (κ3) is 2.32. The van der Waals surface area contributed by atoms with Gasteiger partial charge in [-0.05, 0) is 56.6 Å². The monoisotopic (exact) mass is 373 g/mol. The van der Waals surface area contributed by atoms with Crippen molar-refractivity contribution in [3.05, 3.63) is 107 Å². The fourth-order valence-corrected chi connectivity index (χ4v) is 4.98. The number of anilines is 2.